The van der Waals surface area contributed by atoms with Gasteiger partial charge in [0, 0.05) is 5.41 Å². The van der Waals surface area contributed by atoms with Crippen LogP contribution in [0.25, 0.3) is 0 Å². The predicted molar refractivity (Wildman–Crippen MR) is 93.8 cm³/mol. The van der Waals surface area contributed by atoms with Crippen LogP contribution < -0.4 is 0 Å². The number of aliphatic carboxylic acids is 1. The number of fused-ring (bicyclic) bond motifs is 1. The highest BCUT2D eigenvalue weighted by atomic mass is 32.2. The summed E-state index contributed by atoms with van der Waals surface area (Å²) in [6.45, 7) is 10.4. The van der Waals surface area contributed by atoms with Crippen LogP contribution >= 0.6 is 24.0 Å². The summed E-state index contributed by atoms with van der Waals surface area (Å²) in [5, 5.41) is 9.10. The first-order valence-corrected chi connectivity index (χ1v) is 9.33. The van der Waals surface area contributed by atoms with E-state index >= 15 is 0 Å². The second kappa shape index (κ2) is 5.57. The van der Waals surface area contributed by atoms with Gasteiger partial charge in [-0.25, -0.2) is 4.79 Å². The van der Waals surface area contributed by atoms with E-state index in [1.165, 1.54) is 16.7 Å². The standard InChI is InChI=1S/C14H23NO4S2Si/c1-13(2,3)12(19-22)14(4,5)6-8(16)15-7(10(17)18)11(20)21-9(6)15/h6-7,9,12H,1-5,22H3,(H,17,18)/t6-,7?,9+,12?/m0/s1. The Labute approximate surface area is 143 Å². The number of hydrogen-bond acceptors (Lipinski definition) is 5. The number of β-lactam (4-membered cyclic amide) rings is 1. The SMILES string of the molecule is CC(C)(C)C(O[SiH3])C(C)(C)[C@H]1C(=O)N2C(C(=O)O)C(=S)S[C@H]12. The van der Waals surface area contributed by atoms with Crippen LogP contribution in [0.4, 0.5) is 0 Å². The van der Waals surface area contributed by atoms with Gasteiger partial charge in [-0.05, 0) is 5.41 Å². The van der Waals surface area contributed by atoms with Gasteiger partial charge >= 0.3 is 5.97 Å². The van der Waals surface area contributed by atoms with E-state index in [1.807, 2.05) is 13.8 Å². The zero-order valence-electron chi connectivity index (χ0n) is 13.7. The van der Waals surface area contributed by atoms with Gasteiger partial charge in [0.05, 0.1) is 21.6 Å². The lowest BCUT2D eigenvalue weighted by Gasteiger charge is -2.54. The Hall–Kier alpha value is -0.443. The van der Waals surface area contributed by atoms with Gasteiger partial charge in [-0.1, -0.05) is 58.6 Å². The van der Waals surface area contributed by atoms with Crippen molar-refractivity contribution in [1.29, 1.82) is 0 Å². The molecule has 124 valence electrons. The third-order valence-corrected chi connectivity index (χ3v) is 6.73. The Bertz CT molecular complexity index is 531. The van der Waals surface area contributed by atoms with Crippen molar-refractivity contribution in [3.05, 3.63) is 0 Å². The maximum atomic E-state index is 12.6. The first-order valence-electron chi connectivity index (χ1n) is 7.23. The molecule has 8 heteroatoms. The van der Waals surface area contributed by atoms with Gasteiger partial charge in [0.15, 0.2) is 6.04 Å². The number of hydrogen-bond donors (Lipinski definition) is 1. The van der Waals surface area contributed by atoms with Gasteiger partial charge in [0.1, 0.15) is 10.5 Å². The zero-order valence-corrected chi connectivity index (χ0v) is 17.4. The molecule has 0 aromatic rings. The molecule has 2 unspecified atom stereocenters. The molecule has 2 heterocycles. The van der Waals surface area contributed by atoms with Gasteiger partial charge < -0.3 is 14.4 Å². The van der Waals surface area contributed by atoms with E-state index in [2.05, 4.69) is 20.8 Å². The van der Waals surface area contributed by atoms with Gasteiger partial charge in [-0.3, -0.25) is 4.79 Å². The maximum absolute atomic E-state index is 12.6. The minimum absolute atomic E-state index is 0.0687. The lowest BCUT2D eigenvalue weighted by Crippen LogP contribution is -2.67. The van der Waals surface area contributed by atoms with Gasteiger partial charge in [-0.15, -0.1) is 0 Å². The Morgan fingerprint density at radius 2 is 1.95 bits per heavy atom. The number of thioether (sulfide) groups is 1. The second-order valence-corrected chi connectivity index (χ2v) is 9.92. The molecular weight excluding hydrogens is 338 g/mol. The van der Waals surface area contributed by atoms with Gasteiger partial charge in [0.25, 0.3) is 0 Å². The van der Waals surface area contributed by atoms with E-state index in [4.69, 9.17) is 16.6 Å². The largest absolute Gasteiger partial charge is 0.479 e. The summed E-state index contributed by atoms with van der Waals surface area (Å²) in [6.07, 6.45) is -0.0687. The molecule has 2 fully saturated rings. The van der Waals surface area contributed by atoms with E-state index in [0.29, 0.717) is 14.7 Å². The van der Waals surface area contributed by atoms with Crippen LogP contribution in [-0.4, -0.2) is 54.1 Å². The molecule has 2 rings (SSSR count). The number of rotatable bonds is 4. The number of nitrogens with zero attached hydrogens (tertiary/aromatic N) is 1. The quantitative estimate of drug-likeness (QED) is 0.458. The molecule has 1 amide bonds. The molecule has 2 saturated heterocycles. The average molecular weight is 362 g/mol. The van der Waals surface area contributed by atoms with Crippen LogP contribution in [0.2, 0.25) is 0 Å². The molecule has 4 atom stereocenters. The minimum atomic E-state index is -1.05. The van der Waals surface area contributed by atoms with Gasteiger partial charge in [0.2, 0.25) is 5.91 Å². The molecular formula is C14H23NO4S2Si. The van der Waals surface area contributed by atoms with Crippen LogP contribution in [0.5, 0.6) is 0 Å². The summed E-state index contributed by atoms with van der Waals surface area (Å²) in [5.74, 6) is -1.43. The van der Waals surface area contributed by atoms with Crippen molar-refractivity contribution in [3.8, 4) is 0 Å². The Morgan fingerprint density at radius 1 is 1.41 bits per heavy atom. The maximum Gasteiger partial charge on any atom is 0.332 e. The van der Waals surface area contributed by atoms with Crippen molar-refractivity contribution < 1.29 is 19.1 Å². The molecule has 0 spiro atoms. The van der Waals surface area contributed by atoms with Crippen LogP contribution in [0.1, 0.15) is 34.6 Å². The smallest absolute Gasteiger partial charge is 0.332 e. The van der Waals surface area contributed by atoms with Crippen LogP contribution in [0.15, 0.2) is 0 Å². The normalized spacial score (nSPS) is 30.2. The summed E-state index contributed by atoms with van der Waals surface area (Å²) < 4.78 is 6.22. The number of amides is 1. The van der Waals surface area contributed by atoms with Crippen molar-refractivity contribution in [2.45, 2.75) is 52.1 Å². The van der Waals surface area contributed by atoms with Crippen molar-refractivity contribution in [2.75, 3.05) is 0 Å². The van der Waals surface area contributed by atoms with Crippen LogP contribution in [-0.2, 0) is 14.0 Å². The molecule has 0 aromatic carbocycles. The Kier molecular flexibility index (Phi) is 4.54. The molecule has 0 radical (unpaired) electrons. The van der Waals surface area contributed by atoms with Crippen LogP contribution in [0.3, 0.4) is 0 Å². The fourth-order valence-electron chi connectivity index (χ4n) is 4.02. The molecule has 5 nitrogen and oxygen atoms in total. The Balaban J connectivity index is 2.31. The zero-order chi connectivity index (χ0) is 17.0. The summed E-state index contributed by atoms with van der Waals surface area (Å²) in [7, 11) is 0.592. The molecule has 0 aromatic heterocycles. The summed E-state index contributed by atoms with van der Waals surface area (Å²) in [4.78, 5) is 25.4. The number of carboxylic acids is 1. The molecule has 2 aliphatic heterocycles. The second-order valence-electron chi connectivity index (χ2n) is 7.59. The molecule has 0 bridgehead atoms. The number of carbonyl (C=O) groups excluding carboxylic acids is 1. The fourth-order valence-corrected chi connectivity index (χ4v) is 7.37. The first kappa shape index (κ1) is 17.9. The first-order chi connectivity index (χ1) is 9.94. The molecule has 0 aliphatic carbocycles. The van der Waals surface area contributed by atoms with E-state index < -0.39 is 12.0 Å². The number of carboxylic acid groups (broad SMARTS) is 1. The number of thiocarbonyl (C=S) groups is 1. The third kappa shape index (κ3) is 2.53. The van der Waals surface area contributed by atoms with Crippen molar-refractivity contribution in [1.82, 2.24) is 4.90 Å². The van der Waals surface area contributed by atoms with Gasteiger partial charge in [-0.2, -0.15) is 0 Å². The molecule has 2 aliphatic rings. The van der Waals surface area contributed by atoms with E-state index in [1.54, 1.807) is 0 Å². The van der Waals surface area contributed by atoms with E-state index in [0.717, 1.165) is 0 Å². The fraction of sp³-hybridized carbons (Fsp3) is 0.786. The van der Waals surface area contributed by atoms with Crippen molar-refractivity contribution >= 4 is 50.5 Å². The predicted octanol–water partition coefficient (Wildman–Crippen LogP) is 1.04. The van der Waals surface area contributed by atoms with Crippen LogP contribution in [0, 0.1) is 16.7 Å². The summed E-state index contributed by atoms with van der Waals surface area (Å²) >= 11 is 6.51. The molecule has 1 N–H and O–H groups in total. The monoisotopic (exact) mass is 361 g/mol. The minimum Gasteiger partial charge on any atom is -0.479 e. The van der Waals surface area contributed by atoms with Crippen molar-refractivity contribution in [2.24, 2.45) is 16.7 Å². The summed E-state index contributed by atoms with van der Waals surface area (Å²) in [5.41, 5.74) is -0.476. The highest BCUT2D eigenvalue weighted by Gasteiger charge is 2.65. The lowest BCUT2D eigenvalue weighted by molar-refractivity contribution is -0.173. The molecule has 22 heavy (non-hydrogen) atoms. The molecule has 0 saturated carbocycles. The summed E-state index contributed by atoms with van der Waals surface area (Å²) in [6, 6.07) is -0.963. The van der Waals surface area contributed by atoms with E-state index in [9.17, 15) is 14.7 Å². The highest BCUT2D eigenvalue weighted by molar-refractivity contribution is 8.24. The lowest BCUT2D eigenvalue weighted by atomic mass is 9.63. The van der Waals surface area contributed by atoms with Crippen molar-refractivity contribution in [3.63, 3.8) is 0 Å². The average Bonchev–Trinajstić information content (AvgIpc) is 2.60. The number of carbonyl (C=O) groups is 2. The van der Waals surface area contributed by atoms with E-state index in [-0.39, 0.29) is 34.1 Å². The highest BCUT2D eigenvalue weighted by Crippen LogP contribution is 2.55. The Morgan fingerprint density at radius 3 is 2.36 bits per heavy atom. The third-order valence-electron chi connectivity index (χ3n) is 4.55. The topological polar surface area (TPSA) is 66.8 Å².